The van der Waals surface area contributed by atoms with Crippen molar-refractivity contribution in [3.05, 3.63) is 18.7 Å². The van der Waals surface area contributed by atoms with Crippen LogP contribution in [0.1, 0.15) is 58.3 Å². The SMILES string of the molecule is CCCCCCCCCC[n+]1ccn(CCO)c1. The van der Waals surface area contributed by atoms with Crippen molar-refractivity contribution < 1.29 is 9.67 Å². The summed E-state index contributed by atoms with van der Waals surface area (Å²) in [4.78, 5) is 0. The predicted molar refractivity (Wildman–Crippen MR) is 74.3 cm³/mol. The number of aromatic nitrogens is 2. The van der Waals surface area contributed by atoms with Crippen molar-refractivity contribution in [1.29, 1.82) is 0 Å². The smallest absolute Gasteiger partial charge is 0.243 e. The van der Waals surface area contributed by atoms with Gasteiger partial charge in [0, 0.05) is 0 Å². The van der Waals surface area contributed by atoms with Gasteiger partial charge in [-0.15, -0.1) is 0 Å². The Kier molecular flexibility index (Phi) is 8.57. The predicted octanol–water partition coefficient (Wildman–Crippen LogP) is 2.91. The number of nitrogens with zero attached hydrogens (tertiary/aromatic N) is 2. The summed E-state index contributed by atoms with van der Waals surface area (Å²) in [5.41, 5.74) is 0. The highest BCUT2D eigenvalue weighted by Crippen LogP contribution is 2.08. The molecule has 0 fully saturated rings. The summed E-state index contributed by atoms with van der Waals surface area (Å²) in [6.45, 7) is 4.28. The maximum absolute atomic E-state index is 8.83. The molecule has 1 aromatic rings. The average molecular weight is 253 g/mol. The van der Waals surface area contributed by atoms with Crippen LogP contribution < -0.4 is 4.57 Å². The number of imidazole rings is 1. The molecule has 18 heavy (non-hydrogen) atoms. The van der Waals surface area contributed by atoms with Crippen LogP contribution in [0.25, 0.3) is 0 Å². The van der Waals surface area contributed by atoms with Crippen molar-refractivity contribution in [1.82, 2.24) is 4.57 Å². The molecule has 0 aliphatic carbocycles. The first-order valence-corrected chi connectivity index (χ1v) is 7.52. The van der Waals surface area contributed by atoms with Gasteiger partial charge < -0.3 is 5.11 Å². The molecule has 0 saturated carbocycles. The molecule has 0 atom stereocenters. The molecule has 0 spiro atoms. The molecule has 3 heteroatoms. The van der Waals surface area contributed by atoms with E-state index in [0.717, 1.165) is 6.54 Å². The van der Waals surface area contributed by atoms with E-state index >= 15 is 0 Å². The van der Waals surface area contributed by atoms with E-state index < -0.39 is 0 Å². The molecule has 1 heterocycles. The molecule has 0 radical (unpaired) electrons. The first kappa shape index (κ1) is 15.2. The molecule has 0 aliphatic rings. The summed E-state index contributed by atoms with van der Waals surface area (Å²) in [5.74, 6) is 0. The van der Waals surface area contributed by atoms with Gasteiger partial charge in [0.2, 0.25) is 6.33 Å². The van der Waals surface area contributed by atoms with E-state index in [0.29, 0.717) is 6.54 Å². The van der Waals surface area contributed by atoms with Crippen LogP contribution in [0.3, 0.4) is 0 Å². The molecular formula is C15H29N2O+. The van der Waals surface area contributed by atoms with Gasteiger partial charge in [-0.05, 0) is 12.8 Å². The average Bonchev–Trinajstić information content (AvgIpc) is 2.81. The molecule has 0 aliphatic heterocycles. The lowest BCUT2D eigenvalue weighted by Gasteiger charge is -2.00. The minimum Gasteiger partial charge on any atom is -0.392 e. The summed E-state index contributed by atoms with van der Waals surface area (Å²) < 4.78 is 4.25. The Labute approximate surface area is 111 Å². The van der Waals surface area contributed by atoms with Gasteiger partial charge in [0.25, 0.3) is 0 Å². The number of hydrogen-bond donors (Lipinski definition) is 1. The van der Waals surface area contributed by atoms with Crippen molar-refractivity contribution in [2.75, 3.05) is 6.61 Å². The molecule has 0 saturated heterocycles. The van der Waals surface area contributed by atoms with Crippen LogP contribution >= 0.6 is 0 Å². The van der Waals surface area contributed by atoms with Gasteiger partial charge in [-0.3, -0.25) is 0 Å². The fourth-order valence-corrected chi connectivity index (χ4v) is 2.25. The second-order valence-electron chi connectivity index (χ2n) is 5.09. The molecule has 0 aromatic carbocycles. The number of rotatable bonds is 11. The fraction of sp³-hybridized carbons (Fsp3) is 0.800. The van der Waals surface area contributed by atoms with Crippen molar-refractivity contribution >= 4 is 0 Å². The normalized spacial score (nSPS) is 11.0. The first-order valence-electron chi connectivity index (χ1n) is 7.52. The first-order chi connectivity index (χ1) is 8.86. The second kappa shape index (κ2) is 10.1. The van der Waals surface area contributed by atoms with Gasteiger partial charge in [-0.2, -0.15) is 0 Å². The summed E-state index contributed by atoms with van der Waals surface area (Å²) in [6.07, 6.45) is 17.1. The third-order valence-electron chi connectivity index (χ3n) is 3.37. The Morgan fingerprint density at radius 2 is 1.67 bits per heavy atom. The van der Waals surface area contributed by atoms with Crippen molar-refractivity contribution in [3.8, 4) is 0 Å². The molecule has 3 nitrogen and oxygen atoms in total. The molecule has 1 rings (SSSR count). The maximum atomic E-state index is 8.83. The number of hydrogen-bond acceptors (Lipinski definition) is 1. The molecule has 1 N–H and O–H groups in total. The van der Waals surface area contributed by atoms with Crippen LogP contribution in [0.2, 0.25) is 0 Å². The van der Waals surface area contributed by atoms with Crippen molar-refractivity contribution in [2.45, 2.75) is 71.4 Å². The van der Waals surface area contributed by atoms with Gasteiger partial charge in [0.1, 0.15) is 18.9 Å². The largest absolute Gasteiger partial charge is 0.392 e. The lowest BCUT2D eigenvalue weighted by molar-refractivity contribution is -0.696. The van der Waals surface area contributed by atoms with Gasteiger partial charge in [0.05, 0.1) is 13.2 Å². The van der Waals surface area contributed by atoms with E-state index in [-0.39, 0.29) is 6.61 Å². The topological polar surface area (TPSA) is 29.0 Å². The summed E-state index contributed by atoms with van der Waals surface area (Å²) >= 11 is 0. The van der Waals surface area contributed by atoms with E-state index in [4.69, 9.17) is 5.11 Å². The number of aryl methyl sites for hydroxylation is 1. The Morgan fingerprint density at radius 1 is 1.00 bits per heavy atom. The van der Waals surface area contributed by atoms with Crippen LogP contribution in [-0.4, -0.2) is 16.3 Å². The zero-order chi connectivity index (χ0) is 13.1. The van der Waals surface area contributed by atoms with Crippen LogP contribution in [0.5, 0.6) is 0 Å². The maximum Gasteiger partial charge on any atom is 0.243 e. The number of aliphatic hydroxyl groups is 1. The highest BCUT2D eigenvalue weighted by molar-refractivity contribution is 4.65. The summed E-state index contributed by atoms with van der Waals surface area (Å²) in [5, 5.41) is 8.83. The summed E-state index contributed by atoms with van der Waals surface area (Å²) in [7, 11) is 0. The standard InChI is InChI=1S/C15H29N2O/c1-2-3-4-5-6-7-8-9-10-16-11-12-17(15-16)13-14-18/h11-12,15,18H,2-10,13-14H2,1H3/q+1. The monoisotopic (exact) mass is 253 g/mol. The lowest BCUT2D eigenvalue weighted by atomic mass is 10.1. The van der Waals surface area contributed by atoms with Gasteiger partial charge in [-0.25, -0.2) is 9.13 Å². The minimum absolute atomic E-state index is 0.215. The molecule has 0 amide bonds. The fourth-order valence-electron chi connectivity index (χ4n) is 2.25. The molecule has 0 bridgehead atoms. The molecule has 1 aromatic heterocycles. The van der Waals surface area contributed by atoms with E-state index in [1.807, 2.05) is 10.8 Å². The van der Waals surface area contributed by atoms with Crippen molar-refractivity contribution in [3.63, 3.8) is 0 Å². The van der Waals surface area contributed by atoms with Gasteiger partial charge >= 0.3 is 0 Å². The second-order valence-corrected chi connectivity index (χ2v) is 5.09. The highest BCUT2D eigenvalue weighted by atomic mass is 16.3. The third kappa shape index (κ3) is 6.80. The molecule has 104 valence electrons. The third-order valence-corrected chi connectivity index (χ3v) is 3.37. The lowest BCUT2D eigenvalue weighted by Crippen LogP contribution is -2.30. The quantitative estimate of drug-likeness (QED) is 0.477. The highest BCUT2D eigenvalue weighted by Gasteiger charge is 2.02. The Hall–Kier alpha value is -0.830. The zero-order valence-corrected chi connectivity index (χ0v) is 11.9. The van der Waals surface area contributed by atoms with Crippen LogP contribution in [0, 0.1) is 0 Å². The van der Waals surface area contributed by atoms with Crippen LogP contribution in [0.4, 0.5) is 0 Å². The van der Waals surface area contributed by atoms with E-state index in [1.165, 1.54) is 51.4 Å². The van der Waals surface area contributed by atoms with Crippen LogP contribution in [-0.2, 0) is 13.1 Å². The van der Waals surface area contributed by atoms with Gasteiger partial charge in [0.15, 0.2) is 0 Å². The number of aliphatic hydroxyl groups excluding tert-OH is 1. The molecular weight excluding hydrogens is 224 g/mol. The minimum atomic E-state index is 0.215. The Bertz CT molecular complexity index is 296. The molecule has 0 unspecified atom stereocenters. The Morgan fingerprint density at radius 3 is 2.33 bits per heavy atom. The van der Waals surface area contributed by atoms with Crippen LogP contribution in [0.15, 0.2) is 18.7 Å². The van der Waals surface area contributed by atoms with Gasteiger partial charge in [-0.1, -0.05) is 45.4 Å². The van der Waals surface area contributed by atoms with E-state index in [9.17, 15) is 0 Å². The summed E-state index contributed by atoms with van der Waals surface area (Å²) in [6, 6.07) is 0. The van der Waals surface area contributed by atoms with E-state index in [2.05, 4.69) is 24.0 Å². The zero-order valence-electron chi connectivity index (χ0n) is 11.9. The number of unbranched alkanes of at least 4 members (excludes halogenated alkanes) is 7. The van der Waals surface area contributed by atoms with Crippen molar-refractivity contribution in [2.24, 2.45) is 0 Å². The Balaban J connectivity index is 1.96. The van der Waals surface area contributed by atoms with E-state index in [1.54, 1.807) is 0 Å².